The molecule has 0 radical (unpaired) electrons. The van der Waals surface area contributed by atoms with E-state index in [1.54, 1.807) is 85.9 Å². The van der Waals surface area contributed by atoms with Crippen molar-refractivity contribution >= 4 is 124 Å². The van der Waals surface area contributed by atoms with Crippen LogP contribution in [-0.4, -0.2) is 256 Å². The predicted molar refractivity (Wildman–Crippen MR) is 461 cm³/mol. The summed E-state index contributed by atoms with van der Waals surface area (Å²) < 4.78 is 0. The van der Waals surface area contributed by atoms with Crippen molar-refractivity contribution in [2.45, 2.75) is 241 Å². The number of nitrogens with one attached hydrogen (secondary N) is 13. The molecule has 131 heavy (non-hydrogen) atoms. The van der Waals surface area contributed by atoms with Crippen molar-refractivity contribution in [3.05, 3.63) is 138 Å². The minimum atomic E-state index is -2.23. The lowest BCUT2D eigenvalue weighted by Crippen LogP contribution is -2.62. The smallest absolute Gasteiger partial charge is 0.326 e. The number of unbranched alkanes of at least 4 members (excludes halogenated alkanes) is 1. The van der Waals surface area contributed by atoms with E-state index in [4.69, 9.17) is 22.3 Å². The number of rotatable bonds is 61. The molecule has 0 aromatic heterocycles. The molecule has 0 spiro atoms. The fourth-order valence-electron chi connectivity index (χ4n) is 13.1. The van der Waals surface area contributed by atoms with Gasteiger partial charge in [-0.25, -0.2) is 4.79 Å². The Balaban J connectivity index is 1.68. The molecule has 15 atom stereocenters. The summed E-state index contributed by atoms with van der Waals surface area (Å²) in [5.74, 6) is -29.8. The summed E-state index contributed by atoms with van der Waals surface area (Å²) in [5, 5.41) is 108. The average molecular weight is 1840 g/mol. The standard InChI is InChI=1S/C86H116N16O29/c1-5-46(4)72(102-83(127)61(42-50-24-26-51(103)27-25-50)96-73(117)52(88)39-47-17-9-6-10-18-47)85(129)99-60(41-49-21-13-8-14-22-49)81(125)94-58(32-37-68(111)112)79(123)101-71(45(2)3)84(128)95-57(31-36-67(109)110)78(122)97-59(40-48-19-11-7-12-20-48)80(124)93-54(28-33-64(89)104)75(119)90-53(23-15-16-38-87)74(118)91-55(29-34-65(105)106)76(120)92-56(30-35-66(107)108)77(121)98-62(43-69(113)114)82(126)100-63(86(130)131)44-70(115)116/h6-14,17-22,24-27,45-46,52-63,71-72,103H,5,15-16,23,28-44,87-88H2,1-4H3,(H2,89,104)(H,90,119)(H,91,118)(H,92,120)(H,93,124)(H,94,125)(H,95,128)(H,96,117)(H,97,122)(H,98,121)(H,99,129)(H,100,126)(H,101,123)(H,102,127)(H,105,106)(H,107,108)(H,109,110)(H,111,112)(H,113,114)(H,115,116)(H,130,131)/t46-,52-,53-,54-,55-,56-,57-,58-,59-,60-,61-,62-,63-,71-,72-/m0/s1. The van der Waals surface area contributed by atoms with E-state index >= 15 is 0 Å². The van der Waals surface area contributed by atoms with Crippen molar-refractivity contribution in [1.82, 2.24) is 69.1 Å². The number of carboxylic acid groups (broad SMARTS) is 7. The lowest BCUT2D eigenvalue weighted by atomic mass is 9.96. The van der Waals surface area contributed by atoms with Crippen LogP contribution in [0.25, 0.3) is 0 Å². The highest BCUT2D eigenvalue weighted by atomic mass is 16.4. The van der Waals surface area contributed by atoms with Gasteiger partial charge in [-0.3, -0.25) is 95.9 Å². The molecule has 27 N–H and O–H groups in total. The van der Waals surface area contributed by atoms with Gasteiger partial charge in [0, 0.05) is 51.4 Å². The van der Waals surface area contributed by atoms with E-state index in [1.807, 2.05) is 5.32 Å². The summed E-state index contributed by atoms with van der Waals surface area (Å²) in [5.41, 5.74) is 19.6. The van der Waals surface area contributed by atoms with E-state index in [2.05, 4.69) is 58.5 Å². The Labute approximate surface area is 751 Å². The van der Waals surface area contributed by atoms with Gasteiger partial charge in [0.05, 0.1) is 18.9 Å². The van der Waals surface area contributed by atoms with Crippen LogP contribution in [0.15, 0.2) is 115 Å². The number of primary amides is 1. The zero-order valence-corrected chi connectivity index (χ0v) is 72.4. The second-order valence-corrected chi connectivity index (χ2v) is 31.4. The second kappa shape index (κ2) is 55.9. The zero-order valence-electron chi connectivity index (χ0n) is 72.4. The topological polar surface area (TPSA) is 755 Å². The quantitative estimate of drug-likeness (QED) is 0.0195. The van der Waals surface area contributed by atoms with Gasteiger partial charge >= 0.3 is 41.8 Å². The van der Waals surface area contributed by atoms with Gasteiger partial charge in [0.25, 0.3) is 0 Å². The molecule has 0 fully saturated rings. The molecule has 714 valence electrons. The van der Waals surface area contributed by atoms with Gasteiger partial charge in [0.15, 0.2) is 0 Å². The number of hydrogen-bond acceptors (Lipinski definition) is 24. The number of carbonyl (C=O) groups excluding carboxylic acids is 14. The summed E-state index contributed by atoms with van der Waals surface area (Å²) in [6.45, 7) is 6.18. The third-order valence-corrected chi connectivity index (χ3v) is 20.5. The average Bonchev–Trinajstić information content (AvgIpc) is 0.845. The van der Waals surface area contributed by atoms with E-state index in [9.17, 15) is 136 Å². The fourth-order valence-corrected chi connectivity index (χ4v) is 13.1. The van der Waals surface area contributed by atoms with Crippen molar-refractivity contribution in [3.63, 3.8) is 0 Å². The third-order valence-electron chi connectivity index (χ3n) is 20.5. The molecule has 14 amide bonds. The molecule has 0 bridgehead atoms. The largest absolute Gasteiger partial charge is 0.508 e. The summed E-state index contributed by atoms with van der Waals surface area (Å²) in [4.78, 5) is 283. The van der Waals surface area contributed by atoms with Crippen LogP contribution in [0.4, 0.5) is 0 Å². The van der Waals surface area contributed by atoms with Gasteiger partial charge in [-0.05, 0) is 111 Å². The van der Waals surface area contributed by atoms with Crippen molar-refractivity contribution < 1.29 is 142 Å². The van der Waals surface area contributed by atoms with Gasteiger partial charge in [-0.15, -0.1) is 0 Å². The number of hydrogen-bond donors (Lipinski definition) is 24. The number of phenols is 1. The van der Waals surface area contributed by atoms with Crippen LogP contribution in [0.5, 0.6) is 5.75 Å². The minimum Gasteiger partial charge on any atom is -0.508 e. The van der Waals surface area contributed by atoms with Gasteiger partial charge in [-0.1, -0.05) is 137 Å². The first-order chi connectivity index (χ1) is 61.9. The Morgan fingerprint density at radius 3 is 0.924 bits per heavy atom. The van der Waals surface area contributed by atoms with E-state index in [0.717, 1.165) is 5.56 Å². The lowest BCUT2D eigenvalue weighted by molar-refractivity contribution is -0.148. The first-order valence-corrected chi connectivity index (χ1v) is 42.0. The molecule has 0 heterocycles. The number of aliphatic carboxylic acids is 7. The van der Waals surface area contributed by atoms with E-state index < -0.39 is 304 Å². The Hall–Kier alpha value is -14.5. The summed E-state index contributed by atoms with van der Waals surface area (Å²) in [6.07, 6.45) is -11.2. The van der Waals surface area contributed by atoms with Crippen LogP contribution in [0.3, 0.4) is 0 Å². The number of amides is 14. The molecule has 0 aliphatic heterocycles. The Morgan fingerprint density at radius 1 is 0.298 bits per heavy atom. The maximum Gasteiger partial charge on any atom is 0.326 e. The van der Waals surface area contributed by atoms with E-state index in [-0.39, 0.29) is 57.2 Å². The second-order valence-electron chi connectivity index (χ2n) is 31.4. The maximum absolute atomic E-state index is 14.9. The summed E-state index contributed by atoms with van der Waals surface area (Å²) in [6, 6.07) is 5.24. The Morgan fingerprint density at radius 2 is 0.573 bits per heavy atom. The first-order valence-electron chi connectivity index (χ1n) is 42.0. The number of aromatic hydroxyl groups is 1. The molecule has 4 rings (SSSR count). The van der Waals surface area contributed by atoms with Crippen molar-refractivity contribution in [3.8, 4) is 5.75 Å². The monoisotopic (exact) mass is 1840 g/mol. The van der Waals surface area contributed by atoms with Crippen LogP contribution < -0.4 is 86.3 Å². The highest BCUT2D eigenvalue weighted by molar-refractivity contribution is 6.01. The molecular formula is C86H116N16O29. The lowest BCUT2D eigenvalue weighted by Gasteiger charge is -2.30. The Bertz CT molecular complexity index is 4630. The molecule has 0 unspecified atom stereocenters. The molecule has 0 aliphatic carbocycles. The normalized spacial score (nSPS) is 14.4. The molecule has 0 saturated carbocycles. The Kier molecular flexibility index (Phi) is 46.5. The molecule has 0 saturated heterocycles. The van der Waals surface area contributed by atoms with E-state index in [1.165, 1.54) is 62.4 Å². The first kappa shape index (κ1) is 109. The van der Waals surface area contributed by atoms with Gasteiger partial charge in [-0.2, -0.15) is 0 Å². The fraction of sp³-hybridized carbons (Fsp3) is 0.477. The van der Waals surface area contributed by atoms with Gasteiger partial charge < -0.3 is 127 Å². The highest BCUT2D eigenvalue weighted by Crippen LogP contribution is 2.19. The molecule has 4 aromatic carbocycles. The number of benzene rings is 4. The minimum absolute atomic E-state index is 0.00243. The van der Waals surface area contributed by atoms with Crippen LogP contribution >= 0.6 is 0 Å². The molecule has 4 aromatic rings. The number of nitrogens with two attached hydrogens (primary N) is 3. The van der Waals surface area contributed by atoms with Crippen LogP contribution in [0, 0.1) is 11.8 Å². The number of carbonyl (C=O) groups is 21. The summed E-state index contributed by atoms with van der Waals surface area (Å²) in [7, 11) is 0. The third kappa shape index (κ3) is 40.6. The highest BCUT2D eigenvalue weighted by Gasteiger charge is 2.41. The van der Waals surface area contributed by atoms with Gasteiger partial charge in [0.2, 0.25) is 82.7 Å². The maximum atomic E-state index is 14.9. The molecule has 45 heteroatoms. The van der Waals surface area contributed by atoms with Crippen molar-refractivity contribution in [2.75, 3.05) is 6.54 Å². The van der Waals surface area contributed by atoms with E-state index in [0.29, 0.717) is 16.7 Å². The zero-order chi connectivity index (χ0) is 97.7. The molecule has 0 aliphatic rings. The van der Waals surface area contributed by atoms with Crippen LogP contribution in [-0.2, 0) is 126 Å². The van der Waals surface area contributed by atoms with Crippen molar-refractivity contribution in [1.29, 1.82) is 0 Å². The number of phenolic OH excluding ortho intramolecular Hbond substituents is 1. The molecular weight excluding hydrogens is 1720 g/mol. The predicted octanol–water partition coefficient (Wildman–Crippen LogP) is -3.12. The van der Waals surface area contributed by atoms with Crippen LogP contribution in [0.2, 0.25) is 0 Å². The molecule has 45 nitrogen and oxygen atoms in total. The SMILES string of the molecule is CC[C@H](C)[C@H](NC(=O)[C@H](Cc1ccc(O)cc1)NC(=O)[C@@H](N)Cc1ccccc1)C(=O)N[C@@H](Cc1ccccc1)C(=O)N[C@@H](CCC(=O)O)C(=O)N[C@H](C(=O)N[C@@H](CCC(=O)O)C(=O)N[C@@H](Cc1ccccc1)C(=O)N[C@@H](CCC(N)=O)C(=O)N[C@@H](CCCCN)C(=O)N[C@@H](CCC(=O)O)C(=O)N[C@@H](CCC(=O)O)C(=O)N[C@@H](CC(=O)O)C(=O)N[C@@H](CC(=O)O)C(=O)O)C(C)C. The number of carboxylic acids is 7. The summed E-state index contributed by atoms with van der Waals surface area (Å²) >= 11 is 0. The van der Waals surface area contributed by atoms with Crippen molar-refractivity contribution in [2.24, 2.45) is 29.0 Å². The van der Waals surface area contributed by atoms with Crippen LogP contribution in [0.1, 0.15) is 153 Å². The van der Waals surface area contributed by atoms with Gasteiger partial charge in [0.1, 0.15) is 84.3 Å².